The number of benzene rings is 1. The molecule has 1 unspecified atom stereocenters. The lowest BCUT2D eigenvalue weighted by molar-refractivity contribution is -0.151. The Morgan fingerprint density at radius 2 is 1.74 bits per heavy atom. The molecule has 1 rings (SSSR count). The zero-order chi connectivity index (χ0) is 16.9. The summed E-state index contributed by atoms with van der Waals surface area (Å²) in [6.07, 6.45) is 9.39. The maximum absolute atomic E-state index is 10.5. The summed E-state index contributed by atoms with van der Waals surface area (Å²) in [6.45, 7) is 3.60. The van der Waals surface area contributed by atoms with Gasteiger partial charge in [0.1, 0.15) is 12.4 Å². The van der Waals surface area contributed by atoms with Gasteiger partial charge in [0.05, 0.1) is 0 Å². The molecule has 1 aromatic rings. The number of hydrogen-bond donors (Lipinski definition) is 1. The Bertz CT molecular complexity index is 445. The van der Waals surface area contributed by atoms with Crippen molar-refractivity contribution in [3.63, 3.8) is 0 Å². The SMILES string of the molecule is CCCCCCCCCc1ccccc1OC(C)OCC(=O)O. The fourth-order valence-corrected chi connectivity index (χ4v) is 2.50. The van der Waals surface area contributed by atoms with Crippen LogP contribution in [0.2, 0.25) is 0 Å². The molecule has 0 spiro atoms. The number of carboxylic acid groups (broad SMARTS) is 1. The van der Waals surface area contributed by atoms with E-state index in [2.05, 4.69) is 13.0 Å². The molecule has 1 aromatic carbocycles. The first-order chi connectivity index (χ1) is 11.1. The second kappa shape index (κ2) is 11.9. The second-order valence-corrected chi connectivity index (χ2v) is 5.87. The molecule has 0 saturated carbocycles. The van der Waals surface area contributed by atoms with E-state index in [0.717, 1.165) is 24.2 Å². The van der Waals surface area contributed by atoms with Gasteiger partial charge in [0.25, 0.3) is 0 Å². The van der Waals surface area contributed by atoms with Crippen LogP contribution < -0.4 is 4.74 Å². The average Bonchev–Trinajstić information content (AvgIpc) is 2.53. The normalized spacial score (nSPS) is 12.1. The van der Waals surface area contributed by atoms with Crippen LogP contribution in [0.4, 0.5) is 0 Å². The fourth-order valence-electron chi connectivity index (χ4n) is 2.50. The van der Waals surface area contributed by atoms with Crippen LogP contribution in [-0.4, -0.2) is 24.0 Å². The Kier molecular flexibility index (Phi) is 10.1. The first-order valence-electron chi connectivity index (χ1n) is 8.71. The maximum Gasteiger partial charge on any atom is 0.329 e. The topological polar surface area (TPSA) is 55.8 Å². The van der Waals surface area contributed by atoms with Crippen LogP contribution in [0.5, 0.6) is 5.75 Å². The number of aryl methyl sites for hydroxylation is 1. The number of para-hydroxylation sites is 1. The molecule has 23 heavy (non-hydrogen) atoms. The van der Waals surface area contributed by atoms with Gasteiger partial charge in [0.15, 0.2) is 6.29 Å². The van der Waals surface area contributed by atoms with Gasteiger partial charge >= 0.3 is 5.97 Å². The molecule has 0 fully saturated rings. The summed E-state index contributed by atoms with van der Waals surface area (Å²) in [4.78, 5) is 10.5. The Labute approximate surface area is 139 Å². The highest BCUT2D eigenvalue weighted by Gasteiger charge is 2.09. The standard InChI is InChI=1S/C19H30O4/c1-3-4-5-6-7-8-9-12-17-13-10-11-14-18(17)23-16(2)22-15-19(20)21/h10-11,13-14,16H,3-9,12,15H2,1-2H3,(H,20,21). The predicted molar refractivity (Wildman–Crippen MR) is 91.8 cm³/mol. The van der Waals surface area contributed by atoms with Gasteiger partial charge in [-0.15, -0.1) is 0 Å². The molecule has 0 radical (unpaired) electrons. The van der Waals surface area contributed by atoms with E-state index in [-0.39, 0.29) is 6.61 Å². The number of carboxylic acids is 1. The summed E-state index contributed by atoms with van der Waals surface area (Å²) in [6, 6.07) is 7.91. The molecule has 0 aliphatic rings. The maximum atomic E-state index is 10.5. The molecule has 0 bridgehead atoms. The summed E-state index contributed by atoms with van der Waals surface area (Å²) in [5, 5.41) is 8.62. The van der Waals surface area contributed by atoms with Crippen LogP contribution in [-0.2, 0) is 16.0 Å². The van der Waals surface area contributed by atoms with Gasteiger partial charge in [-0.1, -0.05) is 63.6 Å². The summed E-state index contributed by atoms with van der Waals surface area (Å²) >= 11 is 0. The molecular weight excluding hydrogens is 292 g/mol. The lowest BCUT2D eigenvalue weighted by atomic mass is 10.0. The molecule has 1 atom stereocenters. The number of unbranched alkanes of at least 4 members (excludes halogenated alkanes) is 6. The summed E-state index contributed by atoms with van der Waals surface area (Å²) in [7, 11) is 0. The van der Waals surface area contributed by atoms with Crippen LogP contribution >= 0.6 is 0 Å². The highest BCUT2D eigenvalue weighted by molar-refractivity contribution is 5.68. The quantitative estimate of drug-likeness (QED) is 0.418. The molecule has 1 N–H and O–H groups in total. The highest BCUT2D eigenvalue weighted by Crippen LogP contribution is 2.22. The Balaban J connectivity index is 2.34. The van der Waals surface area contributed by atoms with Crippen molar-refractivity contribution in [2.24, 2.45) is 0 Å². The summed E-state index contributed by atoms with van der Waals surface area (Å²) in [5.41, 5.74) is 1.16. The molecule has 0 aliphatic heterocycles. The van der Waals surface area contributed by atoms with E-state index in [4.69, 9.17) is 14.6 Å². The number of hydrogen-bond acceptors (Lipinski definition) is 3. The molecule has 0 aliphatic carbocycles. The summed E-state index contributed by atoms with van der Waals surface area (Å²) < 4.78 is 10.8. The molecule has 0 aromatic heterocycles. The van der Waals surface area contributed by atoms with E-state index in [1.54, 1.807) is 6.92 Å². The van der Waals surface area contributed by atoms with Crippen LogP contribution in [0, 0.1) is 0 Å². The van der Waals surface area contributed by atoms with Crippen molar-refractivity contribution in [3.05, 3.63) is 29.8 Å². The van der Waals surface area contributed by atoms with Crippen LogP contribution in [0.3, 0.4) is 0 Å². The van der Waals surface area contributed by atoms with Gasteiger partial charge in [-0.25, -0.2) is 4.79 Å². The predicted octanol–water partition coefficient (Wildman–Crippen LogP) is 4.81. The fraction of sp³-hybridized carbons (Fsp3) is 0.632. The number of ether oxygens (including phenoxy) is 2. The monoisotopic (exact) mass is 322 g/mol. The highest BCUT2D eigenvalue weighted by atomic mass is 16.7. The number of rotatable bonds is 13. The van der Waals surface area contributed by atoms with Crippen LogP contribution in [0.25, 0.3) is 0 Å². The van der Waals surface area contributed by atoms with E-state index >= 15 is 0 Å². The average molecular weight is 322 g/mol. The zero-order valence-electron chi connectivity index (χ0n) is 14.4. The first kappa shape index (κ1) is 19.5. The van der Waals surface area contributed by atoms with Crippen LogP contribution in [0.15, 0.2) is 24.3 Å². The third-order valence-electron chi connectivity index (χ3n) is 3.76. The second-order valence-electron chi connectivity index (χ2n) is 5.87. The Morgan fingerprint density at radius 1 is 1.09 bits per heavy atom. The van der Waals surface area contributed by atoms with E-state index in [1.165, 1.54) is 38.5 Å². The molecule has 0 saturated heterocycles. The smallest absolute Gasteiger partial charge is 0.329 e. The summed E-state index contributed by atoms with van der Waals surface area (Å²) in [5.74, 6) is -0.201. The first-order valence-corrected chi connectivity index (χ1v) is 8.71. The van der Waals surface area contributed by atoms with Gasteiger partial charge in [-0.2, -0.15) is 0 Å². The molecule has 4 heteroatoms. The van der Waals surface area contributed by atoms with Crippen molar-refractivity contribution < 1.29 is 19.4 Å². The lowest BCUT2D eigenvalue weighted by Gasteiger charge is -2.17. The third kappa shape index (κ3) is 9.24. The van der Waals surface area contributed by atoms with Crippen molar-refractivity contribution in [1.29, 1.82) is 0 Å². The largest absolute Gasteiger partial charge is 0.480 e. The van der Waals surface area contributed by atoms with E-state index in [0.29, 0.717) is 0 Å². The van der Waals surface area contributed by atoms with Crippen molar-refractivity contribution in [1.82, 2.24) is 0 Å². The van der Waals surface area contributed by atoms with E-state index < -0.39 is 12.3 Å². The van der Waals surface area contributed by atoms with Gasteiger partial charge < -0.3 is 14.6 Å². The molecule has 0 heterocycles. The van der Waals surface area contributed by atoms with Gasteiger partial charge in [0.2, 0.25) is 0 Å². The van der Waals surface area contributed by atoms with Crippen molar-refractivity contribution in [3.8, 4) is 5.75 Å². The number of aliphatic carboxylic acids is 1. The minimum Gasteiger partial charge on any atom is -0.480 e. The van der Waals surface area contributed by atoms with Crippen molar-refractivity contribution in [2.75, 3.05) is 6.61 Å². The van der Waals surface area contributed by atoms with E-state index in [9.17, 15) is 4.79 Å². The van der Waals surface area contributed by atoms with Crippen molar-refractivity contribution in [2.45, 2.75) is 71.5 Å². The minimum atomic E-state index is -0.989. The lowest BCUT2D eigenvalue weighted by Crippen LogP contribution is -2.21. The third-order valence-corrected chi connectivity index (χ3v) is 3.76. The molecule has 4 nitrogen and oxygen atoms in total. The van der Waals surface area contributed by atoms with Gasteiger partial charge in [-0.05, 0) is 31.4 Å². The Morgan fingerprint density at radius 3 is 2.43 bits per heavy atom. The van der Waals surface area contributed by atoms with E-state index in [1.807, 2.05) is 18.2 Å². The number of carbonyl (C=O) groups is 1. The van der Waals surface area contributed by atoms with Crippen LogP contribution in [0.1, 0.15) is 64.4 Å². The van der Waals surface area contributed by atoms with Crippen molar-refractivity contribution >= 4 is 5.97 Å². The zero-order valence-corrected chi connectivity index (χ0v) is 14.4. The minimum absolute atomic E-state index is 0.346. The molecular formula is C19H30O4. The van der Waals surface area contributed by atoms with Gasteiger partial charge in [0, 0.05) is 0 Å². The molecule has 130 valence electrons. The Hall–Kier alpha value is -1.55. The molecule has 0 amide bonds. The van der Waals surface area contributed by atoms with Gasteiger partial charge in [-0.3, -0.25) is 0 Å².